The minimum absolute atomic E-state index is 0.00429. The van der Waals surface area contributed by atoms with Crippen molar-refractivity contribution in [1.29, 1.82) is 0 Å². The van der Waals surface area contributed by atoms with E-state index in [2.05, 4.69) is 20.7 Å². The van der Waals surface area contributed by atoms with Crippen LogP contribution in [0.1, 0.15) is 20.8 Å². The first-order chi connectivity index (χ1) is 9.07. The molecule has 1 aromatic rings. The van der Waals surface area contributed by atoms with E-state index >= 15 is 0 Å². The summed E-state index contributed by atoms with van der Waals surface area (Å²) in [4.78, 5) is 11.3. The van der Waals surface area contributed by atoms with Crippen molar-refractivity contribution in [1.82, 2.24) is 5.32 Å². The molecule has 1 rings (SSSR count). The minimum atomic E-state index is -3.53. The molecule has 7 heteroatoms. The number of halogens is 3. The Labute approximate surface area is 124 Å². The van der Waals surface area contributed by atoms with E-state index in [0.717, 1.165) is 0 Å². The van der Waals surface area contributed by atoms with E-state index in [4.69, 9.17) is 4.74 Å². The van der Waals surface area contributed by atoms with E-state index in [0.29, 0.717) is 4.47 Å². The van der Waals surface area contributed by atoms with Crippen molar-refractivity contribution in [2.75, 3.05) is 6.54 Å². The van der Waals surface area contributed by atoms with Gasteiger partial charge in [-0.1, -0.05) is 22.0 Å². The van der Waals surface area contributed by atoms with Crippen molar-refractivity contribution in [2.24, 2.45) is 0 Å². The van der Waals surface area contributed by atoms with Crippen molar-refractivity contribution in [3.63, 3.8) is 0 Å². The fourth-order valence-electron chi connectivity index (χ4n) is 1.23. The highest BCUT2D eigenvalue weighted by Gasteiger charge is 2.33. The Morgan fingerprint density at radius 3 is 2.55 bits per heavy atom. The molecule has 1 aromatic carbocycles. The zero-order chi connectivity index (χ0) is 15.4. The van der Waals surface area contributed by atoms with E-state index < -0.39 is 24.3 Å². The molecular formula is C13H16BrF2NO3. The van der Waals surface area contributed by atoms with Crippen molar-refractivity contribution in [2.45, 2.75) is 32.5 Å². The summed E-state index contributed by atoms with van der Waals surface area (Å²) in [6.45, 7) is 3.95. The maximum atomic E-state index is 13.5. The molecule has 0 aliphatic carbocycles. The van der Waals surface area contributed by atoms with Crippen LogP contribution >= 0.6 is 15.9 Å². The Morgan fingerprint density at radius 2 is 2.00 bits per heavy atom. The summed E-state index contributed by atoms with van der Waals surface area (Å²) in [6, 6.07) is 6.05. The molecule has 0 saturated heterocycles. The largest absolute Gasteiger partial charge is 0.444 e. The molecule has 0 unspecified atom stereocenters. The fraction of sp³-hybridized carbons (Fsp3) is 0.462. The Balaban J connectivity index is 2.51. The maximum Gasteiger partial charge on any atom is 0.415 e. The average Bonchev–Trinajstić information content (AvgIpc) is 2.23. The van der Waals surface area contributed by atoms with E-state index in [-0.39, 0.29) is 5.75 Å². The van der Waals surface area contributed by atoms with Gasteiger partial charge in [-0.2, -0.15) is 8.78 Å². The highest BCUT2D eigenvalue weighted by Crippen LogP contribution is 2.24. The Morgan fingerprint density at radius 1 is 1.35 bits per heavy atom. The molecule has 1 amide bonds. The van der Waals surface area contributed by atoms with Crippen LogP contribution in [0.2, 0.25) is 0 Å². The number of hydrogen-bond donors (Lipinski definition) is 1. The predicted molar refractivity (Wildman–Crippen MR) is 74.0 cm³/mol. The summed E-state index contributed by atoms with van der Waals surface area (Å²) in [5, 5.41) is 1.97. The van der Waals surface area contributed by atoms with Gasteiger partial charge in [-0.05, 0) is 39.0 Å². The first kappa shape index (κ1) is 16.7. The molecule has 0 bridgehead atoms. The normalized spacial score (nSPS) is 11.9. The molecule has 4 nitrogen and oxygen atoms in total. The van der Waals surface area contributed by atoms with Crippen LogP contribution in [0.3, 0.4) is 0 Å². The first-order valence-electron chi connectivity index (χ1n) is 5.87. The topological polar surface area (TPSA) is 47.6 Å². The van der Waals surface area contributed by atoms with Crippen LogP contribution in [0, 0.1) is 0 Å². The van der Waals surface area contributed by atoms with Crippen molar-refractivity contribution < 1.29 is 23.0 Å². The number of carbonyl (C=O) groups excluding carboxylic acids is 1. The number of alkyl carbamates (subject to hydrolysis) is 1. The number of carbonyl (C=O) groups is 1. The zero-order valence-electron chi connectivity index (χ0n) is 11.4. The van der Waals surface area contributed by atoms with Crippen LogP contribution in [-0.2, 0) is 4.74 Å². The molecule has 0 fully saturated rings. The Kier molecular flexibility index (Phi) is 5.33. The quantitative estimate of drug-likeness (QED) is 0.893. The number of nitrogens with one attached hydrogen (secondary N) is 1. The SMILES string of the molecule is CC(C)(C)OC(=O)NCC(F)(F)Oc1cccc(Br)c1. The van der Waals surface area contributed by atoms with E-state index in [1.165, 1.54) is 12.1 Å². The van der Waals surface area contributed by atoms with Gasteiger partial charge in [-0.25, -0.2) is 4.79 Å². The minimum Gasteiger partial charge on any atom is -0.444 e. The van der Waals surface area contributed by atoms with Gasteiger partial charge >= 0.3 is 12.2 Å². The van der Waals surface area contributed by atoms with Crippen molar-refractivity contribution in [3.8, 4) is 5.75 Å². The molecule has 1 N–H and O–H groups in total. The second kappa shape index (κ2) is 6.39. The molecule has 0 radical (unpaired) electrons. The standard InChI is InChI=1S/C13H16BrF2NO3/c1-12(2,3)20-11(18)17-8-13(15,16)19-10-6-4-5-9(14)7-10/h4-7H,8H2,1-3H3,(H,17,18). The molecular weight excluding hydrogens is 336 g/mol. The van der Waals surface area contributed by atoms with Gasteiger partial charge in [-0.15, -0.1) is 0 Å². The van der Waals surface area contributed by atoms with E-state index in [1.54, 1.807) is 32.9 Å². The lowest BCUT2D eigenvalue weighted by Gasteiger charge is -2.22. The second-order valence-electron chi connectivity index (χ2n) is 5.05. The molecule has 0 heterocycles. The molecule has 112 valence electrons. The van der Waals surface area contributed by atoms with Crippen molar-refractivity contribution in [3.05, 3.63) is 28.7 Å². The zero-order valence-corrected chi connectivity index (χ0v) is 13.0. The number of benzene rings is 1. The lowest BCUT2D eigenvalue weighted by Crippen LogP contribution is -2.42. The number of ether oxygens (including phenoxy) is 2. The van der Waals surface area contributed by atoms with Gasteiger partial charge in [0, 0.05) is 4.47 Å². The van der Waals surface area contributed by atoms with Gasteiger partial charge in [-0.3, -0.25) is 0 Å². The number of hydrogen-bond acceptors (Lipinski definition) is 3. The van der Waals surface area contributed by atoms with Gasteiger partial charge in [0.1, 0.15) is 17.9 Å². The lowest BCUT2D eigenvalue weighted by molar-refractivity contribution is -0.170. The van der Waals surface area contributed by atoms with Crippen LogP contribution in [0.5, 0.6) is 5.75 Å². The molecule has 0 aromatic heterocycles. The monoisotopic (exact) mass is 351 g/mol. The van der Waals surface area contributed by atoms with E-state index in [9.17, 15) is 13.6 Å². The third-order valence-electron chi connectivity index (χ3n) is 1.90. The summed E-state index contributed by atoms with van der Waals surface area (Å²) in [5.41, 5.74) is -0.746. The van der Waals surface area contributed by atoms with E-state index in [1.807, 2.05) is 5.32 Å². The van der Waals surface area contributed by atoms with Crippen LogP contribution in [0.15, 0.2) is 28.7 Å². The highest BCUT2D eigenvalue weighted by atomic mass is 79.9. The number of rotatable bonds is 4. The summed E-state index contributed by atoms with van der Waals surface area (Å²) in [7, 11) is 0. The van der Waals surface area contributed by atoms with Crippen LogP contribution in [-0.4, -0.2) is 24.3 Å². The maximum absolute atomic E-state index is 13.5. The van der Waals surface area contributed by atoms with Gasteiger partial charge in [0.15, 0.2) is 0 Å². The van der Waals surface area contributed by atoms with Gasteiger partial charge < -0.3 is 14.8 Å². The predicted octanol–water partition coefficient (Wildman–Crippen LogP) is 3.95. The molecule has 0 aliphatic heterocycles. The third-order valence-corrected chi connectivity index (χ3v) is 2.39. The van der Waals surface area contributed by atoms with Gasteiger partial charge in [0.05, 0.1) is 0 Å². The summed E-state index contributed by atoms with van der Waals surface area (Å²) < 4.78 is 37.1. The molecule has 0 saturated carbocycles. The third kappa shape index (κ3) is 6.70. The van der Waals surface area contributed by atoms with Crippen LogP contribution in [0.4, 0.5) is 13.6 Å². The highest BCUT2D eigenvalue weighted by molar-refractivity contribution is 9.10. The second-order valence-corrected chi connectivity index (χ2v) is 5.97. The van der Waals surface area contributed by atoms with Crippen LogP contribution < -0.4 is 10.1 Å². The molecule has 0 aliphatic rings. The summed E-state index contributed by atoms with van der Waals surface area (Å²) >= 11 is 3.15. The Hall–Kier alpha value is -1.37. The molecule has 0 spiro atoms. The Bertz CT molecular complexity index is 475. The number of amides is 1. The van der Waals surface area contributed by atoms with Crippen molar-refractivity contribution >= 4 is 22.0 Å². The molecule has 20 heavy (non-hydrogen) atoms. The summed E-state index contributed by atoms with van der Waals surface area (Å²) in [6.07, 6.45) is -4.45. The number of alkyl halides is 2. The van der Waals surface area contributed by atoms with Gasteiger partial charge in [0.25, 0.3) is 0 Å². The van der Waals surface area contributed by atoms with Gasteiger partial charge in [0.2, 0.25) is 0 Å². The smallest absolute Gasteiger partial charge is 0.415 e. The lowest BCUT2D eigenvalue weighted by atomic mass is 10.2. The average molecular weight is 352 g/mol. The first-order valence-corrected chi connectivity index (χ1v) is 6.66. The van der Waals surface area contributed by atoms with Crippen LogP contribution in [0.25, 0.3) is 0 Å². The fourth-order valence-corrected chi connectivity index (χ4v) is 1.61. The molecule has 0 atom stereocenters. The summed E-state index contributed by atoms with van der Waals surface area (Å²) in [5.74, 6) is -0.00429.